The van der Waals surface area contributed by atoms with E-state index in [9.17, 15) is 19.6 Å². The first-order valence-corrected chi connectivity index (χ1v) is 12.0. The minimum atomic E-state index is -0.718. The van der Waals surface area contributed by atoms with Gasteiger partial charge in [0, 0.05) is 0 Å². The molecule has 0 aromatic heterocycles. The molecule has 3 aliphatic rings. The Morgan fingerprint density at radius 2 is 0.667 bits per heavy atom. The highest BCUT2D eigenvalue weighted by atomic mass is 16.2. The highest BCUT2D eigenvalue weighted by Crippen LogP contribution is 2.47. The van der Waals surface area contributed by atoms with E-state index in [2.05, 4.69) is 48.5 Å². The molecule has 0 bridgehead atoms. The van der Waals surface area contributed by atoms with Crippen molar-refractivity contribution in [3.05, 3.63) is 72.8 Å². The lowest BCUT2D eigenvalue weighted by atomic mass is 9.35. The minimum absolute atomic E-state index is 0.167. The summed E-state index contributed by atoms with van der Waals surface area (Å²) < 4.78 is 0. The highest BCUT2D eigenvalue weighted by Gasteiger charge is 2.40. The van der Waals surface area contributed by atoms with Crippen molar-refractivity contribution in [3.8, 4) is 44.5 Å². The second-order valence-electron chi connectivity index (χ2n) is 9.77. The number of ketones is 2. The predicted octanol–water partition coefficient (Wildman–Crippen LogP) is 2.68. The summed E-state index contributed by atoms with van der Waals surface area (Å²) in [5.74, 6) is 0.333. The van der Waals surface area contributed by atoms with E-state index in [1.807, 2.05) is 24.3 Å². The van der Waals surface area contributed by atoms with Crippen molar-refractivity contribution in [3.63, 3.8) is 0 Å². The Hall–Kier alpha value is -3.73. The molecule has 1 heterocycles. The predicted molar refractivity (Wildman–Crippen MR) is 149 cm³/mol. The number of hydrogen-bond acceptors (Lipinski definition) is 4. The van der Waals surface area contributed by atoms with Crippen LogP contribution in [0.15, 0.2) is 72.8 Å². The third-order valence-corrected chi connectivity index (χ3v) is 6.64. The Bertz CT molecular complexity index is 1330. The number of hydrogen-bond donors (Lipinski definition) is 2. The van der Waals surface area contributed by atoms with Crippen LogP contribution in [0.1, 0.15) is 27.7 Å². The van der Waals surface area contributed by atoms with Crippen LogP contribution in [0.4, 0.5) is 0 Å². The van der Waals surface area contributed by atoms with Gasteiger partial charge in [0.05, 0.1) is 0 Å². The van der Waals surface area contributed by atoms with Crippen LogP contribution >= 0.6 is 0 Å². The second-order valence-corrected chi connectivity index (χ2v) is 9.77. The summed E-state index contributed by atoms with van der Waals surface area (Å²) in [6.45, 7) is 4.68. The molecule has 4 aromatic rings. The van der Waals surface area contributed by atoms with Gasteiger partial charge in [-0.2, -0.15) is 0 Å². The first-order valence-electron chi connectivity index (χ1n) is 12.0. The molecule has 7 rings (SSSR count). The quantitative estimate of drug-likeness (QED) is 0.334. The summed E-state index contributed by atoms with van der Waals surface area (Å²) in [5, 5.41) is 22.4. The van der Waals surface area contributed by atoms with Crippen molar-refractivity contribution in [2.24, 2.45) is 0 Å². The van der Waals surface area contributed by atoms with Crippen LogP contribution in [0.3, 0.4) is 0 Å². The van der Waals surface area contributed by atoms with E-state index in [0.29, 0.717) is 0 Å². The van der Waals surface area contributed by atoms with Gasteiger partial charge >= 0.3 is 13.8 Å². The molecule has 0 saturated heterocycles. The summed E-state index contributed by atoms with van der Waals surface area (Å²) >= 11 is 0. The van der Waals surface area contributed by atoms with Crippen LogP contribution in [0, 0.1) is 0 Å². The monoisotopic (exact) mass is 472 g/mol. The van der Waals surface area contributed by atoms with E-state index in [0.717, 1.165) is 21.9 Å². The van der Waals surface area contributed by atoms with Gasteiger partial charge < -0.3 is 19.6 Å². The lowest BCUT2D eigenvalue weighted by Crippen LogP contribution is -2.69. The standard InChI is InChI=1S/C24H14B2O2.2C3H6O/c27-25-21-9-17-13-5-1-2-6-14(13)18(17)10-22(21)26(28)24-12-20-16-8-4-3-7-15(16)19(20)11-23(24)25;2*1-3(2)4/h1-12,27-28H;2*1-2H3. The topological polar surface area (TPSA) is 74.6 Å². The van der Waals surface area contributed by atoms with Crippen LogP contribution in [0.2, 0.25) is 0 Å². The van der Waals surface area contributed by atoms with Gasteiger partial charge in [-0.3, -0.25) is 0 Å². The lowest BCUT2D eigenvalue weighted by Gasteiger charge is -2.33. The molecule has 0 saturated carbocycles. The van der Waals surface area contributed by atoms with Crippen LogP contribution in [0.25, 0.3) is 44.5 Å². The maximum absolute atomic E-state index is 11.2. The third kappa shape index (κ3) is 3.83. The molecule has 0 unspecified atom stereocenters. The van der Waals surface area contributed by atoms with Crippen molar-refractivity contribution in [2.45, 2.75) is 27.7 Å². The summed E-state index contributed by atoms with van der Waals surface area (Å²) in [6.07, 6.45) is 0. The maximum atomic E-state index is 11.2. The zero-order valence-corrected chi connectivity index (χ0v) is 20.8. The Morgan fingerprint density at radius 1 is 0.472 bits per heavy atom. The summed E-state index contributed by atoms with van der Waals surface area (Å²) in [4.78, 5) is 18.9. The molecule has 36 heavy (non-hydrogen) atoms. The largest absolute Gasteiger partial charge is 0.443 e. The van der Waals surface area contributed by atoms with E-state index in [4.69, 9.17) is 0 Å². The highest BCUT2D eigenvalue weighted by molar-refractivity contribution is 6.97. The number of fused-ring (bicyclic) bond motifs is 10. The van der Waals surface area contributed by atoms with Crippen molar-refractivity contribution in [2.75, 3.05) is 0 Å². The molecule has 0 spiro atoms. The molecule has 2 N–H and O–H groups in total. The number of carbonyl (C=O) groups is 2. The fourth-order valence-electron chi connectivity index (χ4n) is 5.22. The van der Waals surface area contributed by atoms with E-state index in [1.54, 1.807) is 0 Å². The fourth-order valence-corrected chi connectivity index (χ4v) is 5.22. The SMILES string of the molecule is CC(C)=O.CC(C)=O.OB1c2cc3c(cc2B(O)c2cc4c(cc21)-c1ccccc1-4)-c1ccccc1-3. The molecule has 2 aliphatic carbocycles. The smallest absolute Gasteiger partial charge is 0.358 e. The van der Waals surface area contributed by atoms with Crippen LogP contribution in [0.5, 0.6) is 0 Å². The Morgan fingerprint density at radius 3 is 0.861 bits per heavy atom. The molecule has 4 nitrogen and oxygen atoms in total. The van der Waals surface area contributed by atoms with Gasteiger partial charge in [-0.1, -0.05) is 72.8 Å². The fraction of sp³-hybridized carbons (Fsp3) is 0.133. The molecule has 176 valence electrons. The van der Waals surface area contributed by atoms with E-state index < -0.39 is 13.8 Å². The Labute approximate surface area is 211 Å². The number of benzene rings is 4. The Balaban J connectivity index is 0.000000296. The Kier molecular flexibility index (Phi) is 6.03. The molecule has 1 aliphatic heterocycles. The van der Waals surface area contributed by atoms with Gasteiger partial charge in [0.2, 0.25) is 0 Å². The van der Waals surface area contributed by atoms with Gasteiger partial charge in [0.25, 0.3) is 0 Å². The molecule has 4 aromatic carbocycles. The van der Waals surface area contributed by atoms with Crippen molar-refractivity contribution in [1.82, 2.24) is 0 Å². The molecule has 0 fully saturated rings. The second kappa shape index (κ2) is 9.05. The minimum Gasteiger partial charge on any atom is -0.443 e. The molecule has 0 atom stereocenters. The molecular formula is C30H26B2O4. The first-order chi connectivity index (χ1) is 17.2. The van der Waals surface area contributed by atoms with E-state index in [-0.39, 0.29) is 11.6 Å². The van der Waals surface area contributed by atoms with Crippen molar-refractivity contribution < 1.29 is 19.6 Å². The normalized spacial score (nSPS) is 12.3. The number of Topliss-reactive ketones (excluding diaryl/α,β-unsaturated/α-hetero) is 2. The zero-order chi connectivity index (χ0) is 25.7. The lowest BCUT2D eigenvalue weighted by molar-refractivity contribution is -0.115. The summed E-state index contributed by atoms with van der Waals surface area (Å²) in [5.41, 5.74) is 12.8. The molecule has 6 heteroatoms. The van der Waals surface area contributed by atoms with E-state index in [1.165, 1.54) is 72.2 Å². The zero-order valence-electron chi connectivity index (χ0n) is 20.8. The number of rotatable bonds is 0. The van der Waals surface area contributed by atoms with Gasteiger partial charge in [0.15, 0.2) is 0 Å². The van der Waals surface area contributed by atoms with Crippen molar-refractivity contribution in [1.29, 1.82) is 0 Å². The van der Waals surface area contributed by atoms with Gasteiger partial charge in [-0.25, -0.2) is 0 Å². The molecule has 0 radical (unpaired) electrons. The van der Waals surface area contributed by atoms with Crippen LogP contribution < -0.4 is 21.9 Å². The van der Waals surface area contributed by atoms with Crippen molar-refractivity contribution >= 4 is 47.2 Å². The van der Waals surface area contributed by atoms with Gasteiger partial charge in [-0.15, -0.1) is 0 Å². The van der Waals surface area contributed by atoms with Crippen LogP contribution in [-0.2, 0) is 9.59 Å². The molecular weight excluding hydrogens is 446 g/mol. The summed E-state index contributed by atoms with van der Waals surface area (Å²) in [7, 11) is 0. The van der Waals surface area contributed by atoms with E-state index >= 15 is 0 Å². The average molecular weight is 472 g/mol. The first kappa shape index (κ1) is 24.0. The molecule has 0 amide bonds. The third-order valence-electron chi connectivity index (χ3n) is 6.64. The number of carbonyl (C=O) groups excluding carboxylic acids is 2. The summed E-state index contributed by atoms with van der Waals surface area (Å²) in [6, 6.07) is 24.9. The maximum Gasteiger partial charge on any atom is 0.358 e. The average Bonchev–Trinajstić information content (AvgIpc) is 2.82. The van der Waals surface area contributed by atoms with Gasteiger partial charge in [-0.05, 0) is 94.1 Å². The van der Waals surface area contributed by atoms with Gasteiger partial charge in [0.1, 0.15) is 11.6 Å². The van der Waals surface area contributed by atoms with Crippen LogP contribution in [-0.4, -0.2) is 35.4 Å².